The second kappa shape index (κ2) is 6.76. The summed E-state index contributed by atoms with van der Waals surface area (Å²) in [5.74, 6) is -0.497. The molecular weight excluding hydrogens is 333 g/mol. The number of oxazole rings is 1. The van der Waals surface area contributed by atoms with Gasteiger partial charge in [-0.25, -0.2) is 9.37 Å². The molecule has 128 valence electrons. The monoisotopic (exact) mass is 347 g/mol. The van der Waals surface area contributed by atoms with Crippen molar-refractivity contribution >= 4 is 17.1 Å². The third kappa shape index (κ3) is 3.17. The smallest absolute Gasteiger partial charge is 0.254 e. The Bertz CT molecular complexity index is 1040. The molecule has 0 saturated carbocycles. The number of hydrogen-bond acceptors (Lipinski definition) is 4. The van der Waals surface area contributed by atoms with Crippen LogP contribution in [0.2, 0.25) is 0 Å². The van der Waals surface area contributed by atoms with E-state index in [1.165, 1.54) is 12.1 Å². The molecule has 0 fully saturated rings. The first-order valence-electron chi connectivity index (χ1n) is 8.04. The average molecular weight is 347 g/mol. The normalized spacial score (nSPS) is 10.8. The molecule has 0 aliphatic carbocycles. The number of nitrogens with zero attached hydrogens (tertiary/aromatic N) is 2. The van der Waals surface area contributed by atoms with Gasteiger partial charge in [-0.15, -0.1) is 0 Å². The number of aromatic nitrogens is 2. The fourth-order valence-electron chi connectivity index (χ4n) is 2.58. The molecular formula is C20H14FN3O2. The van der Waals surface area contributed by atoms with Gasteiger partial charge in [0.1, 0.15) is 5.82 Å². The predicted molar refractivity (Wildman–Crippen MR) is 94.8 cm³/mol. The molecule has 0 bridgehead atoms. The van der Waals surface area contributed by atoms with Crippen LogP contribution in [0.25, 0.3) is 22.7 Å². The first kappa shape index (κ1) is 16.0. The average Bonchev–Trinajstić information content (AvgIpc) is 3.11. The van der Waals surface area contributed by atoms with Crippen LogP contribution in [-0.4, -0.2) is 15.9 Å². The maximum atomic E-state index is 13.6. The zero-order valence-corrected chi connectivity index (χ0v) is 13.6. The maximum absolute atomic E-state index is 13.6. The van der Waals surface area contributed by atoms with Crippen LogP contribution in [0.1, 0.15) is 15.9 Å². The number of hydrogen-bond donors (Lipinski definition) is 1. The summed E-state index contributed by atoms with van der Waals surface area (Å²) < 4.78 is 19.3. The van der Waals surface area contributed by atoms with E-state index in [1.54, 1.807) is 24.4 Å². The molecule has 26 heavy (non-hydrogen) atoms. The summed E-state index contributed by atoms with van der Waals surface area (Å²) in [6.45, 7) is 0.294. The zero-order valence-electron chi connectivity index (χ0n) is 13.6. The molecule has 1 amide bonds. The summed E-state index contributed by atoms with van der Waals surface area (Å²) in [7, 11) is 0. The minimum absolute atomic E-state index is 0.0306. The number of carbonyl (C=O) groups excluding carboxylic acids is 1. The molecule has 4 rings (SSSR count). The van der Waals surface area contributed by atoms with Crippen molar-refractivity contribution in [3.05, 3.63) is 83.8 Å². The Balaban J connectivity index is 1.46. The van der Waals surface area contributed by atoms with Crippen molar-refractivity contribution in [1.29, 1.82) is 0 Å². The predicted octanol–water partition coefficient (Wildman–Crippen LogP) is 3.96. The number of pyridine rings is 1. The molecule has 5 nitrogen and oxygen atoms in total. The van der Waals surface area contributed by atoms with E-state index in [4.69, 9.17) is 4.42 Å². The van der Waals surface area contributed by atoms with Crippen LogP contribution in [0, 0.1) is 5.82 Å². The number of halogens is 1. The molecule has 0 atom stereocenters. The van der Waals surface area contributed by atoms with Gasteiger partial charge in [-0.3, -0.25) is 4.79 Å². The summed E-state index contributed by atoms with van der Waals surface area (Å²) in [5.41, 5.74) is 2.91. The molecule has 0 unspecified atom stereocenters. The van der Waals surface area contributed by atoms with Crippen LogP contribution < -0.4 is 5.32 Å². The lowest BCUT2D eigenvalue weighted by Gasteiger charge is -2.06. The fraction of sp³-hybridized carbons (Fsp3) is 0.0500. The maximum Gasteiger partial charge on any atom is 0.254 e. The van der Waals surface area contributed by atoms with Gasteiger partial charge >= 0.3 is 0 Å². The second-order valence-corrected chi connectivity index (χ2v) is 5.70. The third-order valence-electron chi connectivity index (χ3n) is 3.94. The van der Waals surface area contributed by atoms with Crippen LogP contribution >= 0.6 is 0 Å². The van der Waals surface area contributed by atoms with Gasteiger partial charge in [0.15, 0.2) is 11.2 Å². The largest absolute Gasteiger partial charge is 0.434 e. The molecule has 0 aliphatic heterocycles. The summed E-state index contributed by atoms with van der Waals surface area (Å²) in [6, 6.07) is 16.9. The Hall–Kier alpha value is -3.54. The summed E-state index contributed by atoms with van der Waals surface area (Å²) in [5, 5.41) is 2.71. The van der Waals surface area contributed by atoms with Crippen molar-refractivity contribution in [1.82, 2.24) is 15.3 Å². The Morgan fingerprint density at radius 3 is 2.62 bits per heavy atom. The van der Waals surface area contributed by atoms with E-state index in [-0.39, 0.29) is 5.56 Å². The van der Waals surface area contributed by atoms with E-state index in [9.17, 15) is 9.18 Å². The van der Waals surface area contributed by atoms with Gasteiger partial charge < -0.3 is 9.73 Å². The van der Waals surface area contributed by atoms with E-state index in [1.807, 2.05) is 30.3 Å². The Labute approximate surface area is 148 Å². The third-order valence-corrected chi connectivity index (χ3v) is 3.94. The van der Waals surface area contributed by atoms with Crippen LogP contribution in [0.15, 0.2) is 71.3 Å². The lowest BCUT2D eigenvalue weighted by atomic mass is 10.1. The minimum atomic E-state index is -0.537. The lowest BCUT2D eigenvalue weighted by molar-refractivity contribution is 0.0947. The Kier molecular flexibility index (Phi) is 4.15. The van der Waals surface area contributed by atoms with Crippen molar-refractivity contribution in [3.8, 4) is 11.5 Å². The standard InChI is InChI=1S/C20H14FN3O2/c21-16-5-2-1-4-15(16)19(25)23-12-13-7-9-14(10-8-13)20-24-18-17(26-20)6-3-11-22-18/h1-11H,12H2,(H,23,25). The SMILES string of the molecule is O=C(NCc1ccc(-c2nc3ncccc3o2)cc1)c1ccccc1F. The van der Waals surface area contributed by atoms with Crippen LogP contribution in [0.5, 0.6) is 0 Å². The van der Waals surface area contributed by atoms with Crippen molar-refractivity contribution in [2.24, 2.45) is 0 Å². The van der Waals surface area contributed by atoms with E-state index >= 15 is 0 Å². The first-order chi connectivity index (χ1) is 12.7. The van der Waals surface area contributed by atoms with E-state index in [0.717, 1.165) is 11.1 Å². The number of benzene rings is 2. The lowest BCUT2D eigenvalue weighted by Crippen LogP contribution is -2.23. The van der Waals surface area contributed by atoms with Gasteiger partial charge in [0.05, 0.1) is 5.56 Å². The van der Waals surface area contributed by atoms with Crippen molar-refractivity contribution < 1.29 is 13.6 Å². The van der Waals surface area contributed by atoms with Crippen LogP contribution in [-0.2, 0) is 6.54 Å². The molecule has 4 aromatic rings. The number of rotatable bonds is 4. The van der Waals surface area contributed by atoms with Gasteiger partial charge in [0.25, 0.3) is 5.91 Å². The van der Waals surface area contributed by atoms with Crippen LogP contribution in [0.4, 0.5) is 4.39 Å². The van der Waals surface area contributed by atoms with Crippen molar-refractivity contribution in [2.75, 3.05) is 0 Å². The minimum Gasteiger partial charge on any atom is -0.434 e. The first-order valence-corrected chi connectivity index (χ1v) is 8.04. The van der Waals surface area contributed by atoms with Gasteiger partial charge in [-0.1, -0.05) is 24.3 Å². The summed E-state index contributed by atoms with van der Waals surface area (Å²) in [6.07, 6.45) is 1.66. The molecule has 0 radical (unpaired) electrons. The van der Waals surface area contributed by atoms with E-state index in [2.05, 4.69) is 15.3 Å². The van der Waals surface area contributed by atoms with Gasteiger partial charge in [0.2, 0.25) is 5.89 Å². The molecule has 2 heterocycles. The second-order valence-electron chi connectivity index (χ2n) is 5.70. The zero-order chi connectivity index (χ0) is 17.9. The van der Waals surface area contributed by atoms with Crippen LogP contribution in [0.3, 0.4) is 0 Å². The molecule has 0 spiro atoms. The molecule has 0 aliphatic rings. The molecule has 0 saturated heterocycles. The van der Waals surface area contributed by atoms with E-state index in [0.29, 0.717) is 23.7 Å². The van der Waals surface area contributed by atoms with Crippen molar-refractivity contribution in [2.45, 2.75) is 6.54 Å². The topological polar surface area (TPSA) is 68.0 Å². The van der Waals surface area contributed by atoms with Crippen molar-refractivity contribution in [3.63, 3.8) is 0 Å². The molecule has 1 N–H and O–H groups in total. The number of fused-ring (bicyclic) bond motifs is 1. The highest BCUT2D eigenvalue weighted by Gasteiger charge is 2.11. The van der Waals surface area contributed by atoms with Gasteiger partial charge in [-0.2, -0.15) is 4.98 Å². The molecule has 2 aromatic heterocycles. The number of amides is 1. The fourth-order valence-corrected chi connectivity index (χ4v) is 2.58. The number of carbonyl (C=O) groups is 1. The van der Waals surface area contributed by atoms with E-state index < -0.39 is 11.7 Å². The highest BCUT2D eigenvalue weighted by Crippen LogP contribution is 2.23. The molecule has 6 heteroatoms. The molecule has 2 aromatic carbocycles. The highest BCUT2D eigenvalue weighted by molar-refractivity contribution is 5.94. The summed E-state index contributed by atoms with van der Waals surface area (Å²) >= 11 is 0. The summed E-state index contributed by atoms with van der Waals surface area (Å²) in [4.78, 5) is 20.5. The Morgan fingerprint density at radius 2 is 1.85 bits per heavy atom. The highest BCUT2D eigenvalue weighted by atomic mass is 19.1. The number of nitrogens with one attached hydrogen (secondary N) is 1. The van der Waals surface area contributed by atoms with Gasteiger partial charge in [0, 0.05) is 18.3 Å². The quantitative estimate of drug-likeness (QED) is 0.607. The Morgan fingerprint density at radius 1 is 1.04 bits per heavy atom. The van der Waals surface area contributed by atoms with Gasteiger partial charge in [-0.05, 0) is 42.0 Å².